The molecular formula is C22H18O3. The Balaban J connectivity index is 1.67. The summed E-state index contributed by atoms with van der Waals surface area (Å²) in [6, 6.07) is 27.0. The number of para-hydroxylation sites is 1. The fourth-order valence-electron chi connectivity index (χ4n) is 3.12. The molecule has 0 bridgehead atoms. The van der Waals surface area contributed by atoms with Crippen LogP contribution in [0.2, 0.25) is 0 Å². The van der Waals surface area contributed by atoms with E-state index >= 15 is 0 Å². The average molecular weight is 330 g/mol. The summed E-state index contributed by atoms with van der Waals surface area (Å²) in [6.07, 6.45) is -0.655. The van der Waals surface area contributed by atoms with Gasteiger partial charge in [0, 0.05) is 0 Å². The average Bonchev–Trinajstić information content (AvgIpc) is 3.41. The van der Waals surface area contributed by atoms with E-state index in [0.717, 1.165) is 16.7 Å². The highest BCUT2D eigenvalue weighted by Gasteiger charge is 2.64. The van der Waals surface area contributed by atoms with E-state index in [1.54, 1.807) is 12.1 Å². The van der Waals surface area contributed by atoms with Gasteiger partial charge in [-0.15, -0.1) is 0 Å². The molecule has 0 aromatic heterocycles. The van der Waals surface area contributed by atoms with Crippen LogP contribution in [-0.4, -0.2) is 12.1 Å². The van der Waals surface area contributed by atoms with E-state index in [9.17, 15) is 4.79 Å². The lowest BCUT2D eigenvalue weighted by molar-refractivity contribution is -0.135. The number of carbonyl (C=O) groups is 1. The van der Waals surface area contributed by atoms with Crippen LogP contribution in [0.15, 0.2) is 84.9 Å². The van der Waals surface area contributed by atoms with Gasteiger partial charge in [-0.1, -0.05) is 78.4 Å². The summed E-state index contributed by atoms with van der Waals surface area (Å²) >= 11 is 0. The molecule has 3 nitrogen and oxygen atoms in total. The van der Waals surface area contributed by atoms with E-state index in [-0.39, 0.29) is 5.97 Å². The van der Waals surface area contributed by atoms with Gasteiger partial charge in [0.2, 0.25) is 0 Å². The van der Waals surface area contributed by atoms with Crippen molar-refractivity contribution in [3.8, 4) is 5.75 Å². The molecule has 1 saturated heterocycles. The van der Waals surface area contributed by atoms with Crippen molar-refractivity contribution >= 4 is 5.97 Å². The van der Waals surface area contributed by atoms with Crippen molar-refractivity contribution in [1.29, 1.82) is 0 Å². The minimum absolute atomic E-state index is 0.379. The fourth-order valence-corrected chi connectivity index (χ4v) is 3.12. The zero-order valence-electron chi connectivity index (χ0n) is 13.9. The molecule has 4 rings (SSSR count). The molecule has 1 fully saturated rings. The van der Waals surface area contributed by atoms with E-state index in [1.165, 1.54) is 0 Å². The molecule has 0 spiro atoms. The predicted molar refractivity (Wildman–Crippen MR) is 95.4 cm³/mol. The summed E-state index contributed by atoms with van der Waals surface area (Å²) in [5, 5.41) is 0. The van der Waals surface area contributed by atoms with E-state index in [4.69, 9.17) is 9.47 Å². The van der Waals surface area contributed by atoms with Crippen LogP contribution in [0.5, 0.6) is 5.75 Å². The molecule has 2 unspecified atom stereocenters. The number of carbonyl (C=O) groups excluding carboxylic acids is 1. The van der Waals surface area contributed by atoms with Crippen molar-refractivity contribution < 1.29 is 14.3 Å². The minimum atomic E-state index is -0.777. The Labute approximate surface area is 146 Å². The lowest BCUT2D eigenvalue weighted by Gasteiger charge is -2.14. The van der Waals surface area contributed by atoms with Crippen molar-refractivity contribution in [1.82, 2.24) is 0 Å². The highest BCUT2D eigenvalue weighted by molar-refractivity contribution is 5.83. The largest absolute Gasteiger partial charge is 0.425 e. The Kier molecular flexibility index (Phi) is 3.86. The van der Waals surface area contributed by atoms with Crippen LogP contribution in [0.25, 0.3) is 0 Å². The van der Waals surface area contributed by atoms with Gasteiger partial charge < -0.3 is 9.47 Å². The van der Waals surface area contributed by atoms with E-state index in [2.05, 4.69) is 0 Å². The maximum Gasteiger partial charge on any atom is 0.344 e. The predicted octanol–water partition coefficient (Wildman–Crippen LogP) is 4.24. The van der Waals surface area contributed by atoms with Crippen molar-refractivity contribution in [2.75, 3.05) is 0 Å². The Morgan fingerprint density at radius 2 is 1.40 bits per heavy atom. The Bertz CT molecular complexity index is 872. The first-order chi connectivity index (χ1) is 12.2. The molecular weight excluding hydrogens is 312 g/mol. The van der Waals surface area contributed by atoms with Crippen LogP contribution in [-0.2, 0) is 15.1 Å². The van der Waals surface area contributed by atoms with Gasteiger partial charge in [-0.3, -0.25) is 0 Å². The van der Waals surface area contributed by atoms with Gasteiger partial charge >= 0.3 is 5.97 Å². The SMILES string of the molecule is Cc1ccc(C2(c3ccccc3)OC2C(=O)Oc2ccccc2)cc1. The van der Waals surface area contributed by atoms with E-state index in [1.807, 2.05) is 79.7 Å². The van der Waals surface area contributed by atoms with Gasteiger partial charge in [0.05, 0.1) is 0 Å². The van der Waals surface area contributed by atoms with Crippen molar-refractivity contribution in [2.24, 2.45) is 0 Å². The highest BCUT2D eigenvalue weighted by atomic mass is 16.7. The molecule has 1 aliphatic heterocycles. The summed E-state index contributed by atoms with van der Waals surface area (Å²) in [5.41, 5.74) is 2.30. The molecule has 0 amide bonds. The summed E-state index contributed by atoms with van der Waals surface area (Å²) in [7, 11) is 0. The number of hydrogen-bond acceptors (Lipinski definition) is 3. The van der Waals surface area contributed by atoms with E-state index < -0.39 is 11.7 Å². The number of esters is 1. The molecule has 0 radical (unpaired) electrons. The molecule has 3 heteroatoms. The molecule has 124 valence electrons. The quantitative estimate of drug-likeness (QED) is 0.408. The smallest absolute Gasteiger partial charge is 0.344 e. The number of epoxide rings is 1. The molecule has 25 heavy (non-hydrogen) atoms. The monoisotopic (exact) mass is 330 g/mol. The van der Waals surface area contributed by atoms with Crippen LogP contribution in [0.3, 0.4) is 0 Å². The topological polar surface area (TPSA) is 38.8 Å². The van der Waals surface area contributed by atoms with Crippen LogP contribution >= 0.6 is 0 Å². The maximum atomic E-state index is 12.7. The first kappa shape index (κ1) is 15.6. The van der Waals surface area contributed by atoms with Crippen molar-refractivity contribution in [3.05, 3.63) is 102 Å². The second-order valence-electron chi connectivity index (χ2n) is 6.20. The number of benzene rings is 3. The van der Waals surface area contributed by atoms with E-state index in [0.29, 0.717) is 5.75 Å². The van der Waals surface area contributed by atoms with Crippen LogP contribution < -0.4 is 4.74 Å². The van der Waals surface area contributed by atoms with Crippen LogP contribution in [0.1, 0.15) is 16.7 Å². The van der Waals surface area contributed by atoms with Gasteiger partial charge in [0.1, 0.15) is 5.75 Å². The molecule has 3 aromatic carbocycles. The molecule has 0 saturated carbocycles. The Morgan fingerprint density at radius 1 is 0.840 bits per heavy atom. The maximum absolute atomic E-state index is 12.7. The molecule has 1 aliphatic rings. The molecule has 2 atom stereocenters. The standard InChI is InChI=1S/C22H18O3/c1-16-12-14-18(15-13-16)22(17-8-4-2-5-9-17)20(25-22)21(23)24-19-10-6-3-7-11-19/h2-15,20H,1H3. The molecule has 0 N–H and O–H groups in total. The number of hydrogen-bond donors (Lipinski definition) is 0. The highest BCUT2D eigenvalue weighted by Crippen LogP contribution is 2.52. The Hall–Kier alpha value is -2.91. The summed E-state index contributed by atoms with van der Waals surface area (Å²) in [5.74, 6) is 0.143. The summed E-state index contributed by atoms with van der Waals surface area (Å²) in [6.45, 7) is 2.04. The van der Waals surface area contributed by atoms with Gasteiger partial charge in [-0.25, -0.2) is 4.79 Å². The molecule has 1 heterocycles. The minimum Gasteiger partial charge on any atom is -0.425 e. The normalized spacial score (nSPS) is 21.6. The second-order valence-corrected chi connectivity index (χ2v) is 6.20. The third kappa shape index (κ3) is 2.83. The first-order valence-electron chi connectivity index (χ1n) is 8.27. The Morgan fingerprint density at radius 3 is 2.04 bits per heavy atom. The van der Waals surface area contributed by atoms with Gasteiger partial charge in [0.15, 0.2) is 11.7 Å². The van der Waals surface area contributed by atoms with Gasteiger partial charge in [0.25, 0.3) is 0 Å². The van der Waals surface area contributed by atoms with Crippen molar-refractivity contribution in [2.45, 2.75) is 18.6 Å². The van der Waals surface area contributed by atoms with Gasteiger partial charge in [-0.05, 0) is 30.2 Å². The van der Waals surface area contributed by atoms with Crippen LogP contribution in [0, 0.1) is 6.92 Å². The molecule has 3 aromatic rings. The summed E-state index contributed by atoms with van der Waals surface area (Å²) < 4.78 is 11.5. The number of aryl methyl sites for hydroxylation is 1. The number of rotatable bonds is 4. The third-order valence-corrected chi connectivity index (χ3v) is 4.47. The van der Waals surface area contributed by atoms with Crippen molar-refractivity contribution in [3.63, 3.8) is 0 Å². The lowest BCUT2D eigenvalue weighted by Crippen LogP contribution is -2.24. The van der Waals surface area contributed by atoms with Gasteiger partial charge in [-0.2, -0.15) is 0 Å². The molecule has 0 aliphatic carbocycles. The second kappa shape index (κ2) is 6.19. The third-order valence-electron chi connectivity index (χ3n) is 4.47. The summed E-state index contributed by atoms with van der Waals surface area (Å²) in [4.78, 5) is 12.7. The zero-order chi connectivity index (χ0) is 17.3. The fraction of sp³-hybridized carbons (Fsp3) is 0.136. The van der Waals surface area contributed by atoms with Crippen LogP contribution in [0.4, 0.5) is 0 Å². The zero-order valence-corrected chi connectivity index (χ0v) is 13.9. The first-order valence-corrected chi connectivity index (χ1v) is 8.27. The number of ether oxygens (including phenoxy) is 2. The lowest BCUT2D eigenvalue weighted by atomic mass is 9.87.